The van der Waals surface area contributed by atoms with E-state index in [1.807, 2.05) is 0 Å². The van der Waals surface area contributed by atoms with Gasteiger partial charge in [0.1, 0.15) is 5.69 Å². The highest BCUT2D eigenvalue weighted by Crippen LogP contribution is 2.24. The van der Waals surface area contributed by atoms with E-state index in [1.54, 1.807) is 30.1 Å². The number of nitro groups is 1. The van der Waals surface area contributed by atoms with E-state index in [-0.39, 0.29) is 24.0 Å². The molecule has 0 atom stereocenters. The summed E-state index contributed by atoms with van der Waals surface area (Å²) in [4.78, 5) is 25.3. The Morgan fingerprint density at radius 2 is 1.96 bits per heavy atom. The lowest BCUT2D eigenvalue weighted by Crippen LogP contribution is -2.44. The standard InChI is InChI=1S/C18H24N6O3.ClH/c1-22-13-16(17(21-22)14-3-5-15(6-4-14)24(26)27)18(25)20-7-2-10-23-11-8-19-9-12-23;/h3-6,13,19H,2,7-12H2,1H3,(H,20,25);1H. The van der Waals surface area contributed by atoms with E-state index in [4.69, 9.17) is 0 Å². The van der Waals surface area contributed by atoms with E-state index >= 15 is 0 Å². The number of carbonyl (C=O) groups excluding carboxylic acids is 1. The van der Waals surface area contributed by atoms with Gasteiger partial charge >= 0.3 is 0 Å². The maximum atomic E-state index is 12.6. The van der Waals surface area contributed by atoms with E-state index < -0.39 is 4.92 Å². The van der Waals surface area contributed by atoms with Crippen molar-refractivity contribution >= 4 is 24.0 Å². The minimum atomic E-state index is -0.450. The number of aryl methyl sites for hydroxylation is 1. The van der Waals surface area contributed by atoms with Gasteiger partial charge in [-0.1, -0.05) is 0 Å². The van der Waals surface area contributed by atoms with E-state index in [0.717, 1.165) is 39.1 Å². The molecule has 0 radical (unpaired) electrons. The molecular formula is C18H25ClN6O3. The zero-order valence-electron chi connectivity index (χ0n) is 15.8. The first kappa shape index (κ1) is 21.8. The Balaban J connectivity index is 0.00000280. The molecule has 1 aromatic heterocycles. The number of nitro benzene ring substituents is 1. The van der Waals surface area contributed by atoms with Gasteiger partial charge in [0.2, 0.25) is 0 Å². The smallest absolute Gasteiger partial charge is 0.269 e. The van der Waals surface area contributed by atoms with Gasteiger partial charge in [0.05, 0.1) is 10.5 Å². The van der Waals surface area contributed by atoms with Crippen molar-refractivity contribution in [2.75, 3.05) is 39.3 Å². The Morgan fingerprint density at radius 1 is 1.29 bits per heavy atom. The van der Waals surface area contributed by atoms with Crippen LogP contribution in [0.25, 0.3) is 11.3 Å². The van der Waals surface area contributed by atoms with Crippen molar-refractivity contribution in [2.24, 2.45) is 7.05 Å². The molecule has 1 aliphatic rings. The second-order valence-electron chi connectivity index (χ2n) is 6.57. The first-order valence-corrected chi connectivity index (χ1v) is 9.04. The Labute approximate surface area is 169 Å². The van der Waals surface area contributed by atoms with Crippen LogP contribution in [-0.2, 0) is 7.05 Å². The summed E-state index contributed by atoms with van der Waals surface area (Å²) in [6.07, 6.45) is 2.56. The molecule has 0 spiro atoms. The second kappa shape index (κ2) is 10.2. The van der Waals surface area contributed by atoms with Gasteiger partial charge in [-0.2, -0.15) is 5.10 Å². The molecule has 2 aromatic rings. The number of carbonyl (C=O) groups is 1. The van der Waals surface area contributed by atoms with Crippen molar-refractivity contribution in [3.8, 4) is 11.3 Å². The molecule has 9 nitrogen and oxygen atoms in total. The lowest BCUT2D eigenvalue weighted by molar-refractivity contribution is -0.384. The molecule has 0 bridgehead atoms. The molecule has 0 unspecified atom stereocenters. The molecule has 28 heavy (non-hydrogen) atoms. The Kier molecular flexibility index (Phi) is 7.91. The van der Waals surface area contributed by atoms with E-state index in [0.29, 0.717) is 23.4 Å². The summed E-state index contributed by atoms with van der Waals surface area (Å²) in [5.41, 5.74) is 1.67. The number of rotatable bonds is 7. The van der Waals surface area contributed by atoms with Gasteiger partial charge in [-0.25, -0.2) is 0 Å². The fraction of sp³-hybridized carbons (Fsp3) is 0.444. The van der Waals surface area contributed by atoms with Gasteiger partial charge in [0.25, 0.3) is 11.6 Å². The van der Waals surface area contributed by atoms with E-state index in [9.17, 15) is 14.9 Å². The van der Waals surface area contributed by atoms with Gasteiger partial charge in [-0.15, -0.1) is 12.4 Å². The average molecular weight is 409 g/mol. The molecule has 1 amide bonds. The number of amides is 1. The van der Waals surface area contributed by atoms with Crippen molar-refractivity contribution in [2.45, 2.75) is 6.42 Å². The normalized spacial score (nSPS) is 14.3. The number of benzene rings is 1. The zero-order chi connectivity index (χ0) is 19.2. The van der Waals surface area contributed by atoms with Gasteiger partial charge < -0.3 is 15.5 Å². The molecule has 1 fully saturated rings. The van der Waals surface area contributed by atoms with Crippen LogP contribution in [0, 0.1) is 10.1 Å². The summed E-state index contributed by atoms with van der Waals surface area (Å²) in [6, 6.07) is 6.06. The third kappa shape index (κ3) is 5.51. The maximum Gasteiger partial charge on any atom is 0.269 e. The number of nitrogens with zero attached hydrogens (tertiary/aromatic N) is 4. The molecule has 3 rings (SSSR count). The summed E-state index contributed by atoms with van der Waals surface area (Å²) in [5, 5.41) is 21.4. The van der Waals surface area contributed by atoms with E-state index in [2.05, 4.69) is 20.6 Å². The molecular weight excluding hydrogens is 384 g/mol. The Morgan fingerprint density at radius 3 is 2.61 bits per heavy atom. The predicted molar refractivity (Wildman–Crippen MR) is 109 cm³/mol. The number of aromatic nitrogens is 2. The monoisotopic (exact) mass is 408 g/mol. The minimum Gasteiger partial charge on any atom is -0.352 e. The number of halogens is 1. The molecule has 0 saturated carbocycles. The quantitative estimate of drug-likeness (QED) is 0.408. The fourth-order valence-electron chi connectivity index (χ4n) is 3.14. The number of hydrogen-bond donors (Lipinski definition) is 2. The molecule has 2 heterocycles. The summed E-state index contributed by atoms with van der Waals surface area (Å²) in [7, 11) is 1.75. The van der Waals surface area contributed by atoms with E-state index in [1.165, 1.54) is 12.1 Å². The second-order valence-corrected chi connectivity index (χ2v) is 6.57. The van der Waals surface area contributed by atoms with Gasteiger partial charge in [-0.05, 0) is 25.1 Å². The highest BCUT2D eigenvalue weighted by Gasteiger charge is 2.18. The summed E-state index contributed by atoms with van der Waals surface area (Å²) < 4.78 is 1.58. The molecule has 1 saturated heterocycles. The molecule has 1 aliphatic heterocycles. The van der Waals surface area contributed by atoms with Crippen LogP contribution < -0.4 is 10.6 Å². The summed E-state index contributed by atoms with van der Waals surface area (Å²) in [5.74, 6) is -0.184. The first-order chi connectivity index (χ1) is 13.0. The minimum absolute atomic E-state index is 0. The van der Waals surface area contributed by atoms with Crippen molar-refractivity contribution < 1.29 is 9.72 Å². The molecule has 10 heteroatoms. The molecule has 1 aromatic carbocycles. The zero-order valence-corrected chi connectivity index (χ0v) is 16.6. The highest BCUT2D eigenvalue weighted by molar-refractivity contribution is 5.99. The van der Waals surface area contributed by atoms with Crippen molar-refractivity contribution in [3.63, 3.8) is 0 Å². The van der Waals surface area contributed by atoms with Gasteiger partial charge in [-0.3, -0.25) is 19.6 Å². The average Bonchev–Trinajstić information content (AvgIpc) is 3.08. The molecule has 0 aliphatic carbocycles. The van der Waals surface area contributed by atoms with Crippen LogP contribution in [0.1, 0.15) is 16.8 Å². The SMILES string of the molecule is Cl.Cn1cc(C(=O)NCCCN2CCNCC2)c(-c2ccc([N+](=O)[O-])cc2)n1. The number of nitrogens with one attached hydrogen (secondary N) is 2. The third-order valence-corrected chi connectivity index (χ3v) is 4.57. The lowest BCUT2D eigenvalue weighted by Gasteiger charge is -2.27. The van der Waals surface area contributed by atoms with Crippen LogP contribution in [0.4, 0.5) is 5.69 Å². The Bertz CT molecular complexity index is 802. The van der Waals surface area contributed by atoms with Crippen LogP contribution in [0.3, 0.4) is 0 Å². The van der Waals surface area contributed by atoms with Crippen LogP contribution in [0.2, 0.25) is 0 Å². The summed E-state index contributed by atoms with van der Waals surface area (Å²) in [6.45, 7) is 5.67. The van der Waals surface area contributed by atoms with Crippen LogP contribution in [-0.4, -0.2) is 64.8 Å². The van der Waals surface area contributed by atoms with Crippen molar-refractivity contribution in [1.82, 2.24) is 25.3 Å². The third-order valence-electron chi connectivity index (χ3n) is 4.57. The number of hydrogen-bond acceptors (Lipinski definition) is 6. The largest absolute Gasteiger partial charge is 0.352 e. The molecule has 152 valence electrons. The lowest BCUT2D eigenvalue weighted by atomic mass is 10.1. The van der Waals surface area contributed by atoms with Crippen LogP contribution >= 0.6 is 12.4 Å². The van der Waals surface area contributed by atoms with Gasteiger partial charge in [0, 0.05) is 63.7 Å². The van der Waals surface area contributed by atoms with Crippen molar-refractivity contribution in [3.05, 3.63) is 46.1 Å². The first-order valence-electron chi connectivity index (χ1n) is 9.04. The number of piperazine rings is 1. The highest BCUT2D eigenvalue weighted by atomic mass is 35.5. The fourth-order valence-corrected chi connectivity index (χ4v) is 3.14. The predicted octanol–water partition coefficient (Wildman–Crippen LogP) is 1.44. The van der Waals surface area contributed by atoms with Gasteiger partial charge in [0.15, 0.2) is 0 Å². The van der Waals surface area contributed by atoms with Crippen LogP contribution in [0.5, 0.6) is 0 Å². The topological polar surface area (TPSA) is 105 Å². The number of non-ortho nitro benzene ring substituents is 1. The maximum absolute atomic E-state index is 12.6. The Hall–Kier alpha value is -2.49. The van der Waals surface area contributed by atoms with Crippen molar-refractivity contribution in [1.29, 1.82) is 0 Å². The van der Waals surface area contributed by atoms with Crippen LogP contribution in [0.15, 0.2) is 30.5 Å². The summed E-state index contributed by atoms with van der Waals surface area (Å²) >= 11 is 0. The molecule has 2 N–H and O–H groups in total.